The summed E-state index contributed by atoms with van der Waals surface area (Å²) in [4.78, 5) is 10.0. The van der Waals surface area contributed by atoms with Gasteiger partial charge in [0, 0.05) is 6.07 Å². The van der Waals surface area contributed by atoms with Gasteiger partial charge in [0.2, 0.25) is 15.8 Å². The molecule has 24 heavy (non-hydrogen) atoms. The maximum Gasteiger partial charge on any atom is 0.306 e. The fraction of sp³-hybridized carbons (Fsp3) is 0.200. The van der Waals surface area contributed by atoms with E-state index in [1.54, 1.807) is 24.3 Å². The van der Waals surface area contributed by atoms with Crippen molar-refractivity contribution >= 4 is 21.4 Å². The number of rotatable bonds is 4. The average molecular weight is 352 g/mol. The van der Waals surface area contributed by atoms with Crippen LogP contribution in [-0.2, 0) is 22.3 Å². The van der Waals surface area contributed by atoms with Gasteiger partial charge in [-0.1, -0.05) is 12.1 Å². The van der Waals surface area contributed by atoms with Gasteiger partial charge in [0.1, 0.15) is 5.75 Å². The zero-order chi connectivity index (χ0) is 17.5. The van der Waals surface area contributed by atoms with E-state index in [0.29, 0.717) is 11.3 Å². The topological polar surface area (TPSA) is 89.8 Å². The number of ether oxygens (including phenoxy) is 1. The molecule has 0 radical (unpaired) electrons. The predicted octanol–water partition coefficient (Wildman–Crippen LogP) is 2.59. The van der Waals surface area contributed by atoms with Gasteiger partial charge in [-0.2, -0.15) is 4.39 Å². The van der Waals surface area contributed by atoms with Crippen molar-refractivity contribution in [2.75, 3.05) is 11.4 Å². The van der Waals surface area contributed by atoms with Crippen molar-refractivity contribution in [1.82, 2.24) is 0 Å². The van der Waals surface area contributed by atoms with Crippen molar-refractivity contribution in [2.45, 2.75) is 12.3 Å². The minimum Gasteiger partial charge on any atom is -0.497 e. The van der Waals surface area contributed by atoms with E-state index >= 15 is 0 Å². The van der Waals surface area contributed by atoms with Crippen LogP contribution in [0.5, 0.6) is 5.75 Å². The molecule has 2 aromatic carbocycles. The fourth-order valence-corrected chi connectivity index (χ4v) is 4.18. The van der Waals surface area contributed by atoms with E-state index in [0.717, 1.165) is 16.4 Å². The lowest BCUT2D eigenvalue weighted by Gasteiger charge is -2.18. The van der Waals surface area contributed by atoms with E-state index in [-0.39, 0.29) is 23.5 Å². The van der Waals surface area contributed by atoms with Crippen LogP contribution in [0.15, 0.2) is 36.4 Å². The number of nitro benzene ring substituents is 1. The maximum atomic E-state index is 13.7. The van der Waals surface area contributed by atoms with Crippen molar-refractivity contribution in [3.05, 3.63) is 63.5 Å². The first-order valence-electron chi connectivity index (χ1n) is 6.92. The lowest BCUT2D eigenvalue weighted by atomic mass is 10.1. The molecule has 0 atom stereocenters. The third kappa shape index (κ3) is 2.78. The van der Waals surface area contributed by atoms with Crippen LogP contribution in [0.2, 0.25) is 0 Å². The summed E-state index contributed by atoms with van der Waals surface area (Å²) < 4.78 is 44.5. The highest BCUT2D eigenvalue weighted by Gasteiger charge is 2.36. The zero-order valence-corrected chi connectivity index (χ0v) is 13.4. The number of nitro groups is 1. The number of sulfonamides is 1. The Morgan fingerprint density at radius 1 is 1.29 bits per heavy atom. The zero-order valence-electron chi connectivity index (χ0n) is 12.6. The van der Waals surface area contributed by atoms with Gasteiger partial charge in [-0.25, -0.2) is 8.42 Å². The molecule has 1 aliphatic rings. The van der Waals surface area contributed by atoms with Crippen molar-refractivity contribution in [3.63, 3.8) is 0 Å². The third-order valence-electron chi connectivity index (χ3n) is 3.77. The summed E-state index contributed by atoms with van der Waals surface area (Å²) in [6.07, 6.45) is 0. The van der Waals surface area contributed by atoms with Gasteiger partial charge in [-0.3, -0.25) is 14.4 Å². The van der Waals surface area contributed by atoms with Crippen LogP contribution in [0.4, 0.5) is 15.8 Å². The first-order valence-corrected chi connectivity index (χ1v) is 8.53. The van der Waals surface area contributed by atoms with E-state index in [1.807, 2.05) is 0 Å². The number of hydrogen-bond acceptors (Lipinski definition) is 5. The second kappa shape index (κ2) is 5.75. The molecule has 9 heteroatoms. The summed E-state index contributed by atoms with van der Waals surface area (Å²) in [6, 6.07) is 8.66. The van der Waals surface area contributed by atoms with Crippen molar-refractivity contribution in [2.24, 2.45) is 0 Å². The molecule has 1 heterocycles. The average Bonchev–Trinajstić information content (AvgIpc) is 2.76. The molecular weight excluding hydrogens is 339 g/mol. The summed E-state index contributed by atoms with van der Waals surface area (Å²) in [5.41, 5.74) is 0.287. The minimum atomic E-state index is -3.71. The van der Waals surface area contributed by atoms with Crippen molar-refractivity contribution < 1.29 is 22.5 Å². The van der Waals surface area contributed by atoms with Crippen LogP contribution in [0.25, 0.3) is 0 Å². The van der Waals surface area contributed by atoms with E-state index < -0.39 is 26.5 Å². The molecule has 7 nitrogen and oxygen atoms in total. The summed E-state index contributed by atoms with van der Waals surface area (Å²) in [7, 11) is -2.19. The van der Waals surface area contributed by atoms with Crippen LogP contribution < -0.4 is 9.04 Å². The fourth-order valence-electron chi connectivity index (χ4n) is 2.58. The summed E-state index contributed by atoms with van der Waals surface area (Å²) in [5.74, 6) is -0.797. The van der Waals surface area contributed by atoms with Crippen molar-refractivity contribution in [1.29, 1.82) is 0 Å². The Bertz CT molecular complexity index is 912. The molecule has 0 N–H and O–H groups in total. The standard InChI is InChI=1S/C15H13FN2O5S/c1-23-12-4-2-10(3-5-12)8-17-14-7-15(18(19)20)13(16)6-11(14)9-24(17,21)22/h2-7H,8-9H2,1H3. The number of hydrogen-bond donors (Lipinski definition) is 0. The molecule has 0 aliphatic carbocycles. The summed E-state index contributed by atoms with van der Waals surface area (Å²) in [6.45, 7) is 0.00210. The second-order valence-electron chi connectivity index (χ2n) is 5.30. The molecule has 0 fully saturated rings. The molecule has 3 rings (SSSR count). The molecule has 0 aromatic heterocycles. The number of halogens is 1. The lowest BCUT2D eigenvalue weighted by molar-refractivity contribution is -0.387. The number of benzene rings is 2. The Labute approximate surface area is 137 Å². The third-order valence-corrected chi connectivity index (χ3v) is 5.45. The van der Waals surface area contributed by atoms with E-state index in [9.17, 15) is 22.9 Å². The molecule has 0 unspecified atom stereocenters. The van der Waals surface area contributed by atoms with E-state index in [1.165, 1.54) is 7.11 Å². The van der Waals surface area contributed by atoms with Crippen LogP contribution >= 0.6 is 0 Å². The Morgan fingerprint density at radius 2 is 1.96 bits per heavy atom. The number of fused-ring (bicyclic) bond motifs is 1. The molecule has 0 saturated carbocycles. The smallest absolute Gasteiger partial charge is 0.306 e. The van der Waals surface area contributed by atoms with Gasteiger partial charge in [-0.15, -0.1) is 0 Å². The normalized spacial score (nSPS) is 15.2. The second-order valence-corrected chi connectivity index (χ2v) is 7.19. The van der Waals surface area contributed by atoms with Gasteiger partial charge < -0.3 is 4.74 Å². The van der Waals surface area contributed by atoms with Gasteiger partial charge >= 0.3 is 5.69 Å². The highest BCUT2D eigenvalue weighted by Crippen LogP contribution is 2.38. The number of methoxy groups -OCH3 is 1. The van der Waals surface area contributed by atoms with Gasteiger partial charge in [0.15, 0.2) is 0 Å². The number of anilines is 1. The van der Waals surface area contributed by atoms with Gasteiger partial charge in [-0.05, 0) is 29.3 Å². The molecule has 1 aliphatic heterocycles. The van der Waals surface area contributed by atoms with Crippen LogP contribution in [0, 0.1) is 15.9 Å². The Balaban J connectivity index is 2.01. The maximum absolute atomic E-state index is 13.7. The van der Waals surface area contributed by atoms with E-state index in [4.69, 9.17) is 4.74 Å². The molecule has 0 saturated heterocycles. The van der Waals surface area contributed by atoms with Crippen LogP contribution in [0.3, 0.4) is 0 Å². The van der Waals surface area contributed by atoms with Gasteiger partial charge in [0.05, 0.1) is 30.0 Å². The van der Waals surface area contributed by atoms with Crippen LogP contribution in [0.1, 0.15) is 11.1 Å². The van der Waals surface area contributed by atoms with E-state index in [2.05, 4.69) is 0 Å². The van der Waals surface area contributed by atoms with Gasteiger partial charge in [0.25, 0.3) is 0 Å². The molecule has 0 amide bonds. The number of nitrogens with zero attached hydrogens (tertiary/aromatic N) is 2. The molecule has 126 valence electrons. The highest BCUT2D eigenvalue weighted by molar-refractivity contribution is 7.92. The van der Waals surface area contributed by atoms with Crippen molar-refractivity contribution in [3.8, 4) is 5.75 Å². The molecule has 0 bridgehead atoms. The molecular formula is C15H13FN2O5S. The van der Waals surface area contributed by atoms with Crippen LogP contribution in [-0.4, -0.2) is 20.5 Å². The molecule has 0 spiro atoms. The summed E-state index contributed by atoms with van der Waals surface area (Å²) in [5, 5.41) is 10.9. The minimum absolute atomic E-state index is 0.00210. The Morgan fingerprint density at radius 3 is 2.54 bits per heavy atom. The first-order chi connectivity index (χ1) is 11.3. The SMILES string of the molecule is COc1ccc(CN2c3cc([N+](=O)[O-])c(F)cc3CS2(=O)=O)cc1. The first kappa shape index (κ1) is 16.2. The quantitative estimate of drug-likeness (QED) is 0.623. The highest BCUT2D eigenvalue weighted by atomic mass is 32.2. The Kier molecular flexibility index (Phi) is 3.88. The largest absolute Gasteiger partial charge is 0.497 e. The monoisotopic (exact) mass is 352 g/mol. The Hall–Kier alpha value is -2.68. The lowest BCUT2D eigenvalue weighted by Crippen LogP contribution is -2.26. The predicted molar refractivity (Wildman–Crippen MR) is 84.9 cm³/mol. The molecule has 2 aromatic rings. The summed E-state index contributed by atoms with van der Waals surface area (Å²) >= 11 is 0.